The van der Waals surface area contributed by atoms with E-state index in [4.69, 9.17) is 14.6 Å². The molecule has 2 atom stereocenters. The summed E-state index contributed by atoms with van der Waals surface area (Å²) in [4.78, 5) is 11.0. The summed E-state index contributed by atoms with van der Waals surface area (Å²) in [6, 6.07) is 8.94. The van der Waals surface area contributed by atoms with Gasteiger partial charge in [-0.15, -0.1) is 0 Å². The van der Waals surface area contributed by atoms with Gasteiger partial charge in [0.25, 0.3) is 6.47 Å². The zero-order valence-corrected chi connectivity index (χ0v) is 14.3. The van der Waals surface area contributed by atoms with Crippen molar-refractivity contribution in [1.82, 2.24) is 4.90 Å². The third kappa shape index (κ3) is 4.55. The minimum Gasteiger partial charge on any atom is -0.483 e. The van der Waals surface area contributed by atoms with Gasteiger partial charge in [-0.1, -0.05) is 36.2 Å². The molecule has 1 aliphatic carbocycles. The third-order valence-electron chi connectivity index (χ3n) is 5.28. The highest BCUT2D eigenvalue weighted by atomic mass is 16.5. The summed E-state index contributed by atoms with van der Waals surface area (Å²) in [6.45, 7) is 5.49. The Morgan fingerprint density at radius 1 is 1.39 bits per heavy atom. The number of hydrogen-bond donors (Lipinski definition) is 1. The van der Waals surface area contributed by atoms with E-state index in [0.29, 0.717) is 11.5 Å². The van der Waals surface area contributed by atoms with Gasteiger partial charge in [0.15, 0.2) is 0 Å². The fourth-order valence-electron chi connectivity index (χ4n) is 4.40. The third-order valence-corrected chi connectivity index (χ3v) is 5.28. The number of hydrogen-bond acceptors (Lipinski definition) is 3. The standard InChI is InChI=1S/C18H27NO.CH2O2/c1-15-6-3-7-16(12-15)13-19-11-5-10-18(14-19)9-4-8-17(18)20-2;2-1-3/h3,6-7,12,17H,4-5,8-11,13-14H2,1-2H3;1H,(H,2,3)/t17-,18-;/m1./s1. The Bertz CT molecular complexity index is 505. The van der Waals surface area contributed by atoms with Crippen LogP contribution < -0.4 is 0 Å². The van der Waals surface area contributed by atoms with Gasteiger partial charge in [-0.25, -0.2) is 0 Å². The summed E-state index contributed by atoms with van der Waals surface area (Å²) < 4.78 is 5.80. The van der Waals surface area contributed by atoms with Crippen molar-refractivity contribution in [2.45, 2.75) is 51.7 Å². The Labute approximate surface area is 139 Å². The SMILES string of the molecule is CO[C@@H]1CCC[C@]12CCCN(Cc1cccc(C)c1)C2.O=CO. The van der Waals surface area contributed by atoms with Gasteiger partial charge in [-0.2, -0.15) is 0 Å². The molecule has 0 radical (unpaired) electrons. The predicted octanol–water partition coefficient (Wildman–Crippen LogP) is 3.48. The molecular formula is C19H29NO3. The topological polar surface area (TPSA) is 49.8 Å². The molecule has 1 aromatic rings. The lowest BCUT2D eigenvalue weighted by molar-refractivity contribution is -0.122. The second kappa shape index (κ2) is 8.46. The lowest BCUT2D eigenvalue weighted by Gasteiger charge is -2.43. The smallest absolute Gasteiger partial charge is 0.290 e. The van der Waals surface area contributed by atoms with Crippen LogP contribution in [0.5, 0.6) is 0 Å². The van der Waals surface area contributed by atoms with Crippen molar-refractivity contribution in [2.24, 2.45) is 5.41 Å². The second-order valence-electron chi connectivity index (χ2n) is 6.89. The zero-order valence-electron chi connectivity index (χ0n) is 14.3. The van der Waals surface area contributed by atoms with Crippen molar-refractivity contribution < 1.29 is 14.6 Å². The largest absolute Gasteiger partial charge is 0.483 e. The molecule has 1 aromatic carbocycles. The van der Waals surface area contributed by atoms with E-state index in [-0.39, 0.29) is 6.47 Å². The van der Waals surface area contributed by atoms with E-state index in [1.165, 1.54) is 56.3 Å². The zero-order chi connectivity index (χ0) is 16.7. The molecule has 3 rings (SSSR count). The number of carboxylic acid groups (broad SMARTS) is 1. The molecule has 1 N–H and O–H groups in total. The highest BCUT2D eigenvalue weighted by Gasteiger charge is 2.45. The maximum Gasteiger partial charge on any atom is 0.290 e. The van der Waals surface area contributed by atoms with Crippen molar-refractivity contribution >= 4 is 6.47 Å². The first-order valence-corrected chi connectivity index (χ1v) is 8.52. The minimum absolute atomic E-state index is 0.250. The lowest BCUT2D eigenvalue weighted by atomic mass is 9.76. The summed E-state index contributed by atoms with van der Waals surface area (Å²) in [7, 11) is 1.90. The Kier molecular flexibility index (Phi) is 6.60. The van der Waals surface area contributed by atoms with Crippen LogP contribution in [0.2, 0.25) is 0 Å². The van der Waals surface area contributed by atoms with Crippen LogP contribution >= 0.6 is 0 Å². The van der Waals surface area contributed by atoms with Crippen LogP contribution in [0.4, 0.5) is 0 Å². The molecule has 2 aliphatic rings. The Morgan fingerprint density at radius 3 is 2.83 bits per heavy atom. The van der Waals surface area contributed by atoms with E-state index in [2.05, 4.69) is 36.1 Å². The molecule has 1 saturated heterocycles. The van der Waals surface area contributed by atoms with Gasteiger partial charge < -0.3 is 9.84 Å². The molecule has 23 heavy (non-hydrogen) atoms. The molecule has 1 saturated carbocycles. The van der Waals surface area contributed by atoms with Crippen LogP contribution in [0.3, 0.4) is 0 Å². The monoisotopic (exact) mass is 319 g/mol. The van der Waals surface area contributed by atoms with Crippen LogP contribution in [0, 0.1) is 12.3 Å². The number of carbonyl (C=O) groups is 1. The summed E-state index contributed by atoms with van der Waals surface area (Å²) in [6.07, 6.45) is 7.13. The van der Waals surface area contributed by atoms with Crippen LogP contribution in [-0.2, 0) is 16.1 Å². The molecule has 128 valence electrons. The molecule has 2 fully saturated rings. The van der Waals surface area contributed by atoms with Crippen LogP contribution in [0.15, 0.2) is 24.3 Å². The summed E-state index contributed by atoms with van der Waals surface area (Å²) in [5.74, 6) is 0. The number of rotatable bonds is 3. The molecule has 4 heteroatoms. The molecule has 0 bridgehead atoms. The quantitative estimate of drug-likeness (QED) is 0.867. The summed E-state index contributed by atoms with van der Waals surface area (Å²) in [5.41, 5.74) is 3.26. The number of nitrogens with zero attached hydrogens (tertiary/aromatic N) is 1. The average Bonchev–Trinajstić information content (AvgIpc) is 2.90. The molecule has 4 nitrogen and oxygen atoms in total. The Morgan fingerprint density at radius 2 is 2.13 bits per heavy atom. The summed E-state index contributed by atoms with van der Waals surface area (Å²) in [5, 5.41) is 6.89. The maximum atomic E-state index is 8.36. The molecule has 1 heterocycles. The van der Waals surface area contributed by atoms with Gasteiger partial charge >= 0.3 is 0 Å². The van der Waals surface area contributed by atoms with Crippen molar-refractivity contribution in [3.63, 3.8) is 0 Å². The van der Waals surface area contributed by atoms with Gasteiger partial charge in [0.2, 0.25) is 0 Å². The second-order valence-corrected chi connectivity index (χ2v) is 6.89. The van der Waals surface area contributed by atoms with Gasteiger partial charge in [-0.3, -0.25) is 9.69 Å². The first kappa shape index (κ1) is 18.0. The van der Waals surface area contributed by atoms with Crippen LogP contribution in [0.1, 0.15) is 43.2 Å². The average molecular weight is 319 g/mol. The molecule has 0 aromatic heterocycles. The van der Waals surface area contributed by atoms with Crippen molar-refractivity contribution in [3.8, 4) is 0 Å². The Hall–Kier alpha value is -1.39. The molecule has 0 unspecified atom stereocenters. The predicted molar refractivity (Wildman–Crippen MR) is 91.5 cm³/mol. The fourth-order valence-corrected chi connectivity index (χ4v) is 4.40. The van der Waals surface area contributed by atoms with E-state index in [9.17, 15) is 0 Å². The van der Waals surface area contributed by atoms with Gasteiger partial charge in [0.1, 0.15) is 0 Å². The maximum absolute atomic E-state index is 8.36. The minimum atomic E-state index is -0.250. The molecule has 0 amide bonds. The van der Waals surface area contributed by atoms with E-state index in [1.807, 2.05) is 7.11 Å². The number of likely N-dealkylation sites (tertiary alicyclic amines) is 1. The lowest BCUT2D eigenvalue weighted by Crippen LogP contribution is -2.47. The van der Waals surface area contributed by atoms with Crippen LogP contribution in [0.25, 0.3) is 0 Å². The number of ether oxygens (including phenoxy) is 1. The van der Waals surface area contributed by atoms with E-state index in [1.54, 1.807) is 0 Å². The van der Waals surface area contributed by atoms with Crippen molar-refractivity contribution in [1.29, 1.82) is 0 Å². The highest BCUT2D eigenvalue weighted by molar-refractivity contribution is 5.32. The van der Waals surface area contributed by atoms with Crippen LogP contribution in [-0.4, -0.2) is 42.8 Å². The molecular weight excluding hydrogens is 290 g/mol. The first-order chi connectivity index (χ1) is 11.1. The van der Waals surface area contributed by atoms with Gasteiger partial charge in [0, 0.05) is 25.6 Å². The first-order valence-electron chi connectivity index (χ1n) is 8.52. The van der Waals surface area contributed by atoms with E-state index in [0.717, 1.165) is 6.54 Å². The molecule has 1 spiro atoms. The summed E-state index contributed by atoms with van der Waals surface area (Å²) >= 11 is 0. The van der Waals surface area contributed by atoms with Crippen molar-refractivity contribution in [2.75, 3.05) is 20.2 Å². The van der Waals surface area contributed by atoms with Crippen molar-refractivity contribution in [3.05, 3.63) is 35.4 Å². The van der Waals surface area contributed by atoms with Gasteiger partial charge in [0.05, 0.1) is 6.10 Å². The van der Waals surface area contributed by atoms with E-state index >= 15 is 0 Å². The molecule has 1 aliphatic heterocycles. The Balaban J connectivity index is 0.000000595. The highest BCUT2D eigenvalue weighted by Crippen LogP contribution is 2.46. The van der Waals surface area contributed by atoms with E-state index < -0.39 is 0 Å². The fraction of sp³-hybridized carbons (Fsp3) is 0.632. The number of piperidine rings is 1. The number of methoxy groups -OCH3 is 1. The number of aryl methyl sites for hydroxylation is 1. The normalized spacial score (nSPS) is 27.5. The number of benzene rings is 1. The van der Waals surface area contributed by atoms with Gasteiger partial charge in [-0.05, 0) is 44.7 Å².